The molecule has 0 radical (unpaired) electrons. The molecule has 174 valence electrons. The number of rotatable bonds is 9. The van der Waals surface area contributed by atoms with E-state index in [2.05, 4.69) is 10.1 Å². The quantitative estimate of drug-likeness (QED) is 0.313. The van der Waals surface area contributed by atoms with Gasteiger partial charge in [0.25, 0.3) is 5.92 Å². The molecule has 0 unspecified atom stereocenters. The molecule has 1 atom stereocenters. The number of nitrogens with one attached hydrogen (secondary N) is 1. The lowest BCUT2D eigenvalue weighted by Crippen LogP contribution is -2.53. The lowest BCUT2D eigenvalue weighted by atomic mass is 9.72. The average Bonchev–Trinajstić information content (AvgIpc) is 2.70. The standard InChI is InChI=1S/C19H22BF2NO9/c1-19(21,22)9-14(24)23-13-8-11-4-3-5-12(17(11)32-20(13)28)18(27)31-10-30-16(26)7-6-15(25)29-2/h3-5,13,28H,6-10H2,1-2H3,(H,23,24)/t13-/m0/s1. The topological polar surface area (TPSA) is 137 Å². The van der Waals surface area contributed by atoms with Gasteiger partial charge in [0.1, 0.15) is 11.3 Å². The van der Waals surface area contributed by atoms with Crippen molar-refractivity contribution in [2.75, 3.05) is 13.9 Å². The molecule has 1 aromatic rings. The molecule has 1 aliphatic rings. The highest BCUT2D eigenvalue weighted by Crippen LogP contribution is 2.31. The number of fused-ring (bicyclic) bond motifs is 1. The molecule has 2 N–H and O–H groups in total. The van der Waals surface area contributed by atoms with Crippen molar-refractivity contribution in [3.8, 4) is 5.75 Å². The summed E-state index contributed by atoms with van der Waals surface area (Å²) in [4.78, 5) is 46.6. The van der Waals surface area contributed by atoms with Crippen LogP contribution in [0.4, 0.5) is 8.78 Å². The van der Waals surface area contributed by atoms with Crippen molar-refractivity contribution in [1.29, 1.82) is 0 Å². The molecule has 0 aromatic heterocycles. The Morgan fingerprint density at radius 2 is 1.91 bits per heavy atom. The lowest BCUT2D eigenvalue weighted by Gasteiger charge is -2.29. The van der Waals surface area contributed by atoms with Crippen molar-refractivity contribution >= 4 is 30.9 Å². The van der Waals surface area contributed by atoms with Crippen molar-refractivity contribution in [2.24, 2.45) is 0 Å². The van der Waals surface area contributed by atoms with E-state index in [9.17, 15) is 33.0 Å². The summed E-state index contributed by atoms with van der Waals surface area (Å²) >= 11 is 0. The first-order chi connectivity index (χ1) is 15.0. The van der Waals surface area contributed by atoms with Crippen LogP contribution in [0.5, 0.6) is 5.75 Å². The van der Waals surface area contributed by atoms with E-state index >= 15 is 0 Å². The molecule has 10 nitrogen and oxygen atoms in total. The van der Waals surface area contributed by atoms with E-state index in [4.69, 9.17) is 14.1 Å². The Balaban J connectivity index is 1.95. The first-order valence-corrected chi connectivity index (χ1v) is 9.53. The lowest BCUT2D eigenvalue weighted by molar-refractivity contribution is -0.155. The Morgan fingerprint density at radius 3 is 2.56 bits per heavy atom. The second-order valence-electron chi connectivity index (χ2n) is 7.07. The SMILES string of the molecule is COC(=O)CCC(=O)OCOC(=O)c1cccc2c1OB(O)[C@@H](NC(=O)CC(C)(F)F)C2. The monoisotopic (exact) mass is 457 g/mol. The number of carbonyl (C=O) groups excluding carboxylic acids is 4. The molecule has 0 saturated carbocycles. The predicted octanol–water partition coefficient (Wildman–Crippen LogP) is 0.782. The largest absolute Gasteiger partial charge is 0.547 e. The molecule has 0 bridgehead atoms. The number of amides is 1. The van der Waals surface area contributed by atoms with Crippen LogP contribution in [0.2, 0.25) is 0 Å². The van der Waals surface area contributed by atoms with Crippen LogP contribution in [0.25, 0.3) is 0 Å². The summed E-state index contributed by atoms with van der Waals surface area (Å²) in [5, 5.41) is 12.4. The first-order valence-electron chi connectivity index (χ1n) is 9.53. The van der Waals surface area contributed by atoms with E-state index in [1.54, 1.807) is 6.07 Å². The summed E-state index contributed by atoms with van der Waals surface area (Å²) in [6, 6.07) is 4.42. The Morgan fingerprint density at radius 1 is 1.22 bits per heavy atom. The van der Waals surface area contributed by atoms with Crippen molar-refractivity contribution in [2.45, 2.75) is 44.5 Å². The van der Waals surface area contributed by atoms with Gasteiger partial charge >= 0.3 is 25.0 Å². The Hall–Kier alpha value is -3.22. The third kappa shape index (κ3) is 7.48. The zero-order valence-corrected chi connectivity index (χ0v) is 17.4. The fourth-order valence-corrected chi connectivity index (χ4v) is 2.85. The summed E-state index contributed by atoms with van der Waals surface area (Å²) in [6.45, 7) is -0.112. The molecular formula is C19H22BF2NO9. The van der Waals surface area contributed by atoms with Crippen LogP contribution >= 0.6 is 0 Å². The minimum Gasteiger partial charge on any atom is -0.534 e. The van der Waals surface area contributed by atoms with E-state index in [0.29, 0.717) is 12.5 Å². The summed E-state index contributed by atoms with van der Waals surface area (Å²) in [5.74, 6) is -7.46. The molecule has 13 heteroatoms. The van der Waals surface area contributed by atoms with E-state index in [0.717, 1.165) is 0 Å². The second kappa shape index (κ2) is 10.9. The highest BCUT2D eigenvalue weighted by Gasteiger charge is 2.39. The number of benzene rings is 1. The van der Waals surface area contributed by atoms with Crippen LogP contribution < -0.4 is 9.97 Å². The van der Waals surface area contributed by atoms with E-state index in [-0.39, 0.29) is 30.6 Å². The van der Waals surface area contributed by atoms with E-state index in [1.807, 2.05) is 0 Å². The molecule has 0 fully saturated rings. The second-order valence-corrected chi connectivity index (χ2v) is 7.07. The fraction of sp³-hybridized carbons (Fsp3) is 0.474. The number of esters is 3. The van der Waals surface area contributed by atoms with Crippen LogP contribution in [0, 0.1) is 0 Å². The number of para-hydroxylation sites is 1. The number of carbonyl (C=O) groups is 4. The van der Waals surface area contributed by atoms with Gasteiger partial charge in [-0.25, -0.2) is 13.6 Å². The van der Waals surface area contributed by atoms with Gasteiger partial charge < -0.3 is 29.2 Å². The minimum atomic E-state index is -3.21. The van der Waals surface area contributed by atoms with Crippen molar-refractivity contribution < 1.29 is 51.8 Å². The normalized spacial score (nSPS) is 15.2. The smallest absolute Gasteiger partial charge is 0.534 e. The Kier molecular flexibility index (Phi) is 8.52. The van der Waals surface area contributed by atoms with Gasteiger partial charge in [0, 0.05) is 0 Å². The van der Waals surface area contributed by atoms with Crippen LogP contribution in [-0.2, 0) is 35.0 Å². The first kappa shape index (κ1) is 25.0. The number of alkyl halides is 2. The van der Waals surface area contributed by atoms with Gasteiger partial charge in [-0.2, -0.15) is 0 Å². The average molecular weight is 457 g/mol. The maximum atomic E-state index is 13.0. The van der Waals surface area contributed by atoms with Gasteiger partial charge in [-0.05, 0) is 25.0 Å². The summed E-state index contributed by atoms with van der Waals surface area (Å²) < 4.78 is 45.3. The summed E-state index contributed by atoms with van der Waals surface area (Å²) in [5.41, 5.74) is 0.352. The van der Waals surface area contributed by atoms with Crippen molar-refractivity contribution in [3.63, 3.8) is 0 Å². The molecule has 32 heavy (non-hydrogen) atoms. The van der Waals surface area contributed by atoms with Crippen LogP contribution in [-0.4, -0.2) is 61.7 Å². The Labute approximate surface area is 182 Å². The molecule has 1 amide bonds. The van der Waals surface area contributed by atoms with Gasteiger partial charge in [-0.1, -0.05) is 12.1 Å². The number of hydrogen-bond donors (Lipinski definition) is 2. The minimum absolute atomic E-state index is 0.00617. The highest BCUT2D eigenvalue weighted by molar-refractivity contribution is 6.47. The van der Waals surface area contributed by atoms with E-state index in [1.165, 1.54) is 19.2 Å². The Bertz CT molecular complexity index is 875. The zero-order valence-electron chi connectivity index (χ0n) is 17.4. The molecule has 0 spiro atoms. The van der Waals surface area contributed by atoms with Crippen LogP contribution in [0.3, 0.4) is 0 Å². The van der Waals surface area contributed by atoms with Crippen LogP contribution in [0.15, 0.2) is 18.2 Å². The molecular weight excluding hydrogens is 435 g/mol. The molecule has 0 aliphatic carbocycles. The molecule has 2 rings (SSSR count). The van der Waals surface area contributed by atoms with Crippen molar-refractivity contribution in [3.05, 3.63) is 29.3 Å². The number of halogens is 2. The highest BCUT2D eigenvalue weighted by atomic mass is 19.3. The maximum absolute atomic E-state index is 13.0. The molecule has 0 saturated heterocycles. The van der Waals surface area contributed by atoms with Gasteiger partial charge in [0.05, 0.1) is 32.3 Å². The van der Waals surface area contributed by atoms with Gasteiger partial charge in [-0.15, -0.1) is 0 Å². The number of hydrogen-bond acceptors (Lipinski definition) is 9. The van der Waals surface area contributed by atoms with Crippen LogP contribution in [0.1, 0.15) is 42.1 Å². The summed E-state index contributed by atoms with van der Waals surface area (Å²) in [6.07, 6.45) is -1.47. The van der Waals surface area contributed by atoms with Gasteiger partial charge in [-0.3, -0.25) is 14.4 Å². The van der Waals surface area contributed by atoms with E-state index < -0.39 is 56.0 Å². The van der Waals surface area contributed by atoms with Gasteiger partial charge in [0.2, 0.25) is 12.7 Å². The fourth-order valence-electron chi connectivity index (χ4n) is 2.85. The number of methoxy groups -OCH3 is 1. The molecule has 1 aromatic carbocycles. The number of ether oxygens (including phenoxy) is 3. The predicted molar refractivity (Wildman–Crippen MR) is 104 cm³/mol. The molecule has 1 aliphatic heterocycles. The summed E-state index contributed by atoms with van der Waals surface area (Å²) in [7, 11) is -0.420. The molecule has 1 heterocycles. The third-order valence-electron chi connectivity index (χ3n) is 4.33. The maximum Gasteiger partial charge on any atom is 0.547 e. The van der Waals surface area contributed by atoms with Gasteiger partial charge in [0.15, 0.2) is 0 Å². The van der Waals surface area contributed by atoms with Crippen molar-refractivity contribution in [1.82, 2.24) is 5.32 Å². The third-order valence-corrected chi connectivity index (χ3v) is 4.33. The zero-order chi connectivity index (χ0) is 23.9.